The molecule has 0 radical (unpaired) electrons. The van der Waals surface area contributed by atoms with Gasteiger partial charge in [-0.1, -0.05) is 20.8 Å². The minimum atomic E-state index is -0.0426. The van der Waals surface area contributed by atoms with Gasteiger partial charge < -0.3 is 15.0 Å². The lowest BCUT2D eigenvalue weighted by Crippen LogP contribution is -2.31. The van der Waals surface area contributed by atoms with Crippen molar-refractivity contribution in [1.82, 2.24) is 14.8 Å². The van der Waals surface area contributed by atoms with Crippen LogP contribution in [0.3, 0.4) is 0 Å². The summed E-state index contributed by atoms with van der Waals surface area (Å²) in [4.78, 5) is 19.6. The maximum atomic E-state index is 12.4. The molecule has 0 atom stereocenters. The summed E-state index contributed by atoms with van der Waals surface area (Å²) in [6, 6.07) is 2.54. The molecule has 4 rings (SSSR count). The summed E-state index contributed by atoms with van der Waals surface area (Å²) in [5.41, 5.74) is 4.39. The van der Waals surface area contributed by atoms with Crippen LogP contribution in [0.15, 0.2) is 18.5 Å². The van der Waals surface area contributed by atoms with Crippen molar-refractivity contribution in [2.45, 2.75) is 59.5 Å². The summed E-state index contributed by atoms with van der Waals surface area (Å²) in [7, 11) is 0. The number of nitrogens with one attached hydrogen (secondary N) is 1. The summed E-state index contributed by atoms with van der Waals surface area (Å²) in [5, 5.41) is 7.52. The van der Waals surface area contributed by atoms with Gasteiger partial charge in [-0.2, -0.15) is 5.10 Å². The highest BCUT2D eigenvalue weighted by Gasteiger charge is 2.24. The van der Waals surface area contributed by atoms with Gasteiger partial charge in [-0.25, -0.2) is 4.98 Å². The Morgan fingerprint density at radius 1 is 1.34 bits per heavy atom. The number of pyridine rings is 1. The Kier molecular flexibility index (Phi) is 5.34. The van der Waals surface area contributed by atoms with Crippen LogP contribution in [0.2, 0.25) is 0 Å². The summed E-state index contributed by atoms with van der Waals surface area (Å²) in [6.45, 7) is 11.5. The van der Waals surface area contributed by atoms with Crippen LogP contribution in [0, 0.1) is 12.3 Å². The van der Waals surface area contributed by atoms with Gasteiger partial charge in [0.1, 0.15) is 5.82 Å². The summed E-state index contributed by atoms with van der Waals surface area (Å²) >= 11 is 0. The van der Waals surface area contributed by atoms with Crippen molar-refractivity contribution in [3.63, 3.8) is 0 Å². The minimum Gasteiger partial charge on any atom is -0.377 e. The number of aromatic nitrogens is 3. The largest absolute Gasteiger partial charge is 0.377 e. The molecular weight excluding hydrogens is 366 g/mol. The molecule has 7 heteroatoms. The molecule has 7 nitrogen and oxygen atoms in total. The molecule has 2 aromatic heterocycles. The first kappa shape index (κ1) is 19.9. The first-order chi connectivity index (χ1) is 13.8. The Labute approximate surface area is 172 Å². The number of carbonyl (C=O) groups excluding carboxylic acids is 1. The lowest BCUT2D eigenvalue weighted by molar-refractivity contribution is -0.117. The van der Waals surface area contributed by atoms with E-state index in [2.05, 4.69) is 48.3 Å². The first-order valence-electron chi connectivity index (χ1n) is 10.4. The summed E-state index contributed by atoms with van der Waals surface area (Å²) in [5.74, 6) is 0.714. The second-order valence-electron chi connectivity index (χ2n) is 9.45. The number of fused-ring (bicyclic) bond motifs is 1. The fraction of sp³-hybridized carbons (Fsp3) is 0.591. The molecular formula is C22H31N5O2. The van der Waals surface area contributed by atoms with Crippen molar-refractivity contribution in [2.75, 3.05) is 30.0 Å². The van der Waals surface area contributed by atoms with Crippen LogP contribution in [0.5, 0.6) is 0 Å². The van der Waals surface area contributed by atoms with Crippen molar-refractivity contribution in [3.05, 3.63) is 35.3 Å². The Balaban J connectivity index is 1.49. The Morgan fingerprint density at radius 3 is 2.83 bits per heavy atom. The Hall–Kier alpha value is -2.41. The second kappa shape index (κ2) is 7.78. The van der Waals surface area contributed by atoms with E-state index in [1.165, 1.54) is 11.3 Å². The molecule has 0 aliphatic carbocycles. The zero-order valence-electron chi connectivity index (χ0n) is 17.9. The molecule has 1 fully saturated rings. The van der Waals surface area contributed by atoms with Crippen molar-refractivity contribution in [3.8, 4) is 0 Å². The number of amides is 1. The molecule has 1 N–H and O–H groups in total. The van der Waals surface area contributed by atoms with E-state index in [0.29, 0.717) is 18.3 Å². The van der Waals surface area contributed by atoms with Gasteiger partial charge in [0, 0.05) is 31.3 Å². The molecule has 0 spiro atoms. The predicted molar refractivity (Wildman–Crippen MR) is 113 cm³/mol. The highest BCUT2D eigenvalue weighted by Crippen LogP contribution is 2.31. The number of carbonyl (C=O) groups is 1. The van der Waals surface area contributed by atoms with Crippen molar-refractivity contribution < 1.29 is 9.53 Å². The second-order valence-corrected chi connectivity index (χ2v) is 9.45. The molecule has 0 saturated carbocycles. The first-order valence-corrected chi connectivity index (χ1v) is 10.4. The maximum absolute atomic E-state index is 12.4. The number of ether oxygens (including phenoxy) is 1. The Morgan fingerprint density at radius 2 is 2.14 bits per heavy atom. The van der Waals surface area contributed by atoms with Gasteiger partial charge in [-0.3, -0.25) is 9.48 Å². The van der Waals surface area contributed by atoms with Gasteiger partial charge in [0.25, 0.3) is 0 Å². The Bertz CT molecular complexity index is 895. The van der Waals surface area contributed by atoms with E-state index in [1.54, 1.807) is 0 Å². The monoisotopic (exact) mass is 397 g/mol. The third-order valence-corrected chi connectivity index (χ3v) is 5.42. The SMILES string of the molecule is Cc1cc2c(nc1NC(=O)CC(C)(C)C)CCCN2Cc1cnn(C2COC2)c1. The van der Waals surface area contributed by atoms with Crippen LogP contribution >= 0.6 is 0 Å². The van der Waals surface area contributed by atoms with E-state index in [0.717, 1.165) is 50.4 Å². The number of nitrogens with zero attached hydrogens (tertiary/aromatic N) is 4. The van der Waals surface area contributed by atoms with Crippen molar-refractivity contribution in [1.29, 1.82) is 0 Å². The fourth-order valence-corrected chi connectivity index (χ4v) is 3.86. The van der Waals surface area contributed by atoms with Gasteiger partial charge >= 0.3 is 0 Å². The lowest BCUT2D eigenvalue weighted by atomic mass is 9.92. The summed E-state index contributed by atoms with van der Waals surface area (Å²) < 4.78 is 7.28. The molecule has 4 heterocycles. The molecule has 29 heavy (non-hydrogen) atoms. The molecule has 2 aromatic rings. The average molecular weight is 398 g/mol. The molecule has 156 valence electrons. The number of hydrogen-bond acceptors (Lipinski definition) is 5. The third kappa shape index (κ3) is 4.61. The van der Waals surface area contributed by atoms with E-state index < -0.39 is 0 Å². The normalized spacial score (nSPS) is 17.0. The van der Waals surface area contributed by atoms with E-state index in [1.807, 2.05) is 17.8 Å². The quantitative estimate of drug-likeness (QED) is 0.836. The van der Waals surface area contributed by atoms with Crippen molar-refractivity contribution >= 4 is 17.4 Å². The van der Waals surface area contributed by atoms with Crippen molar-refractivity contribution in [2.24, 2.45) is 5.41 Å². The number of rotatable bonds is 5. The number of anilines is 2. The van der Waals surface area contributed by atoms with Crippen LogP contribution in [0.1, 0.15) is 56.5 Å². The molecule has 0 bridgehead atoms. The average Bonchev–Trinajstić information content (AvgIpc) is 3.01. The zero-order chi connectivity index (χ0) is 20.6. The molecule has 2 aliphatic heterocycles. The highest BCUT2D eigenvalue weighted by atomic mass is 16.5. The molecule has 0 aromatic carbocycles. The van der Waals surface area contributed by atoms with E-state index in [4.69, 9.17) is 9.72 Å². The highest BCUT2D eigenvalue weighted by molar-refractivity contribution is 5.91. The van der Waals surface area contributed by atoms with E-state index >= 15 is 0 Å². The number of aryl methyl sites for hydroxylation is 2. The topological polar surface area (TPSA) is 72.3 Å². The molecule has 1 saturated heterocycles. The standard InChI is InChI=1S/C22H31N5O2/c1-15-8-19-18(24-21(15)25-20(28)9-22(2,3)4)6-5-7-26(19)11-16-10-23-27(12-16)17-13-29-14-17/h8,10,12,17H,5-7,9,11,13-14H2,1-4H3,(H,24,25,28). The predicted octanol–water partition coefficient (Wildman–Crippen LogP) is 3.49. The van der Waals surface area contributed by atoms with E-state index in [9.17, 15) is 4.79 Å². The van der Waals surface area contributed by atoms with Crippen LogP contribution in [0.4, 0.5) is 11.5 Å². The van der Waals surface area contributed by atoms with E-state index in [-0.39, 0.29) is 11.3 Å². The van der Waals surface area contributed by atoms with Gasteiger partial charge in [0.05, 0.1) is 36.8 Å². The lowest BCUT2D eigenvalue weighted by Gasteiger charge is -2.31. The smallest absolute Gasteiger partial charge is 0.226 e. The molecule has 2 aliphatic rings. The van der Waals surface area contributed by atoms with Gasteiger partial charge in [-0.05, 0) is 36.8 Å². The van der Waals surface area contributed by atoms with Gasteiger partial charge in [0.2, 0.25) is 5.91 Å². The van der Waals surface area contributed by atoms with Crippen LogP contribution in [0.25, 0.3) is 0 Å². The summed E-state index contributed by atoms with van der Waals surface area (Å²) in [6.07, 6.45) is 6.56. The fourth-order valence-electron chi connectivity index (χ4n) is 3.86. The number of hydrogen-bond donors (Lipinski definition) is 1. The zero-order valence-corrected chi connectivity index (χ0v) is 17.9. The minimum absolute atomic E-state index is 0.0214. The van der Waals surface area contributed by atoms with Gasteiger partial charge in [-0.15, -0.1) is 0 Å². The maximum Gasteiger partial charge on any atom is 0.226 e. The van der Waals surface area contributed by atoms with Crippen LogP contribution in [-0.4, -0.2) is 40.4 Å². The van der Waals surface area contributed by atoms with Gasteiger partial charge in [0.15, 0.2) is 0 Å². The van der Waals surface area contributed by atoms with Crippen LogP contribution in [-0.2, 0) is 22.5 Å². The van der Waals surface area contributed by atoms with Crippen LogP contribution < -0.4 is 10.2 Å². The molecule has 1 amide bonds. The third-order valence-electron chi connectivity index (χ3n) is 5.42. The molecule has 0 unspecified atom stereocenters.